The van der Waals surface area contributed by atoms with E-state index in [0.29, 0.717) is 47.1 Å². The molecular weight excluding hydrogens is 556 g/mol. The molecule has 1 aliphatic rings. The molecule has 1 aliphatic heterocycles. The van der Waals surface area contributed by atoms with Crippen LogP contribution in [0.3, 0.4) is 0 Å². The number of fused-ring (bicyclic) bond motifs is 1. The number of benzene rings is 4. The molecular formula is C36H30N2O6. The maximum atomic E-state index is 13.0. The van der Waals surface area contributed by atoms with Crippen LogP contribution in [-0.2, 0) is 24.2 Å². The molecule has 44 heavy (non-hydrogen) atoms. The number of aryl methyl sites for hydroxylation is 2. The van der Waals surface area contributed by atoms with Gasteiger partial charge in [0.05, 0.1) is 30.0 Å². The maximum Gasteiger partial charge on any atom is 0.303 e. The summed E-state index contributed by atoms with van der Waals surface area (Å²) in [5.41, 5.74) is 6.07. The first-order valence-corrected chi connectivity index (χ1v) is 14.4. The van der Waals surface area contributed by atoms with E-state index in [-0.39, 0.29) is 31.2 Å². The molecule has 0 unspecified atom stereocenters. The van der Waals surface area contributed by atoms with Crippen LogP contribution in [0.25, 0.3) is 22.6 Å². The molecule has 1 aromatic heterocycles. The van der Waals surface area contributed by atoms with Crippen LogP contribution in [0.4, 0.5) is 0 Å². The van der Waals surface area contributed by atoms with Crippen molar-refractivity contribution >= 4 is 17.8 Å². The molecule has 8 nitrogen and oxygen atoms in total. The Balaban J connectivity index is 1.14. The summed E-state index contributed by atoms with van der Waals surface area (Å²) in [6.45, 7) is 2.22. The van der Waals surface area contributed by atoms with Gasteiger partial charge >= 0.3 is 5.97 Å². The molecule has 8 heteroatoms. The summed E-state index contributed by atoms with van der Waals surface area (Å²) >= 11 is 0. The first-order chi connectivity index (χ1) is 21.4. The van der Waals surface area contributed by atoms with E-state index >= 15 is 0 Å². The number of carbonyl (C=O) groups excluding carboxylic acids is 2. The second kappa shape index (κ2) is 12.4. The van der Waals surface area contributed by atoms with Gasteiger partial charge in [0.2, 0.25) is 5.89 Å². The average molecular weight is 587 g/mol. The van der Waals surface area contributed by atoms with Crippen LogP contribution in [0.5, 0.6) is 5.75 Å². The van der Waals surface area contributed by atoms with Gasteiger partial charge in [0.1, 0.15) is 11.5 Å². The molecule has 6 rings (SSSR count). The number of aromatic nitrogens is 1. The number of imide groups is 1. The fourth-order valence-corrected chi connectivity index (χ4v) is 5.36. The Hall–Kier alpha value is -5.50. The van der Waals surface area contributed by atoms with Gasteiger partial charge in [0, 0.05) is 18.4 Å². The summed E-state index contributed by atoms with van der Waals surface area (Å²) in [4.78, 5) is 43.1. The largest absolute Gasteiger partial charge is 0.493 e. The van der Waals surface area contributed by atoms with E-state index < -0.39 is 5.97 Å². The fraction of sp³-hybridized carbons (Fsp3) is 0.167. The van der Waals surface area contributed by atoms with E-state index in [2.05, 4.69) is 12.1 Å². The first-order valence-electron chi connectivity index (χ1n) is 14.4. The third-order valence-electron chi connectivity index (χ3n) is 7.73. The van der Waals surface area contributed by atoms with Crippen molar-refractivity contribution in [3.8, 4) is 28.3 Å². The number of carboxylic acid groups (broad SMARTS) is 1. The molecule has 2 amide bonds. The normalized spacial score (nSPS) is 12.4. The average Bonchev–Trinajstić information content (AvgIpc) is 3.53. The molecule has 0 atom stereocenters. The number of carbonyl (C=O) groups is 3. The third-order valence-corrected chi connectivity index (χ3v) is 7.73. The van der Waals surface area contributed by atoms with E-state index in [9.17, 15) is 19.5 Å². The number of hydrogen-bond acceptors (Lipinski definition) is 6. The molecule has 4 aromatic carbocycles. The number of ether oxygens (including phenoxy) is 1. The smallest absolute Gasteiger partial charge is 0.303 e. The number of aliphatic carboxylic acids is 1. The summed E-state index contributed by atoms with van der Waals surface area (Å²) in [6, 6.07) is 30.3. The Labute approximate surface area is 254 Å². The van der Waals surface area contributed by atoms with Crippen LogP contribution in [0.15, 0.2) is 101 Å². The Morgan fingerprint density at radius 1 is 0.795 bits per heavy atom. The van der Waals surface area contributed by atoms with Crippen LogP contribution in [0, 0.1) is 6.92 Å². The van der Waals surface area contributed by atoms with Gasteiger partial charge in [0.25, 0.3) is 11.8 Å². The van der Waals surface area contributed by atoms with Gasteiger partial charge < -0.3 is 14.3 Å². The van der Waals surface area contributed by atoms with Gasteiger partial charge in [-0.25, -0.2) is 4.98 Å². The Morgan fingerprint density at radius 3 is 2.11 bits per heavy atom. The zero-order valence-electron chi connectivity index (χ0n) is 24.2. The van der Waals surface area contributed by atoms with Crippen molar-refractivity contribution in [2.24, 2.45) is 0 Å². The summed E-state index contributed by atoms with van der Waals surface area (Å²) in [5, 5.41) is 9.23. The molecule has 2 heterocycles. The number of nitrogens with zero attached hydrogens (tertiary/aromatic N) is 2. The molecule has 0 spiro atoms. The van der Waals surface area contributed by atoms with Crippen molar-refractivity contribution in [3.63, 3.8) is 0 Å². The number of rotatable bonds is 11. The van der Waals surface area contributed by atoms with Crippen molar-refractivity contribution in [2.45, 2.75) is 32.7 Å². The third kappa shape index (κ3) is 6.01. The van der Waals surface area contributed by atoms with Crippen LogP contribution >= 0.6 is 0 Å². The zero-order valence-corrected chi connectivity index (χ0v) is 24.2. The van der Waals surface area contributed by atoms with Crippen molar-refractivity contribution in [3.05, 3.63) is 131 Å². The second-order valence-corrected chi connectivity index (χ2v) is 10.6. The highest BCUT2D eigenvalue weighted by Gasteiger charge is 2.35. The minimum atomic E-state index is -0.925. The highest BCUT2D eigenvalue weighted by atomic mass is 16.5. The molecule has 0 saturated heterocycles. The Kier molecular flexibility index (Phi) is 8.06. The highest BCUT2D eigenvalue weighted by molar-refractivity contribution is 6.21. The predicted octanol–water partition coefficient (Wildman–Crippen LogP) is 6.75. The molecule has 0 radical (unpaired) electrons. The lowest BCUT2D eigenvalue weighted by atomic mass is 10.0. The summed E-state index contributed by atoms with van der Waals surface area (Å²) in [7, 11) is 0. The minimum absolute atomic E-state index is 0.0211. The number of hydrogen-bond donors (Lipinski definition) is 1. The van der Waals surface area contributed by atoms with Gasteiger partial charge in [-0.1, -0.05) is 60.7 Å². The maximum absolute atomic E-state index is 13.0. The van der Waals surface area contributed by atoms with E-state index in [0.717, 1.165) is 27.9 Å². The van der Waals surface area contributed by atoms with E-state index in [1.165, 1.54) is 4.90 Å². The van der Waals surface area contributed by atoms with Crippen LogP contribution < -0.4 is 4.74 Å². The molecule has 5 aromatic rings. The van der Waals surface area contributed by atoms with E-state index in [1.807, 2.05) is 49.4 Å². The predicted molar refractivity (Wildman–Crippen MR) is 164 cm³/mol. The lowest BCUT2D eigenvalue weighted by Gasteiger charge is -2.18. The van der Waals surface area contributed by atoms with Gasteiger partial charge in [-0.05, 0) is 72.0 Å². The lowest BCUT2D eigenvalue weighted by Crippen LogP contribution is -2.29. The summed E-state index contributed by atoms with van der Waals surface area (Å²) in [6.07, 6.45) is 0.700. The monoisotopic (exact) mass is 586 g/mol. The van der Waals surface area contributed by atoms with Gasteiger partial charge in [-0.15, -0.1) is 0 Å². The second-order valence-electron chi connectivity index (χ2n) is 10.6. The van der Waals surface area contributed by atoms with E-state index in [4.69, 9.17) is 14.1 Å². The number of carboxylic acids is 1. The minimum Gasteiger partial charge on any atom is -0.493 e. The summed E-state index contributed by atoms with van der Waals surface area (Å²) in [5.74, 6) is 0.149. The van der Waals surface area contributed by atoms with Gasteiger partial charge in [-0.2, -0.15) is 0 Å². The lowest BCUT2D eigenvalue weighted by molar-refractivity contribution is -0.136. The first kappa shape index (κ1) is 28.6. The van der Waals surface area contributed by atoms with Crippen LogP contribution in [0.1, 0.15) is 49.7 Å². The van der Waals surface area contributed by atoms with Crippen LogP contribution in [0.2, 0.25) is 0 Å². The molecule has 0 fully saturated rings. The summed E-state index contributed by atoms with van der Waals surface area (Å²) < 4.78 is 12.0. The van der Waals surface area contributed by atoms with Gasteiger partial charge in [-0.3, -0.25) is 19.3 Å². The number of oxazole rings is 1. The molecule has 0 bridgehead atoms. The van der Waals surface area contributed by atoms with E-state index in [1.54, 1.807) is 42.5 Å². The standard InChI is InChI=1S/C36H30N2O6/c1-23-32(37-34(44-23)27-13-11-25(12-14-27)24-7-3-2-4-8-24)19-20-43-29-17-15-26(16-18-33(39)40)28(21-29)22-38-35(41)30-9-5-6-10-31(30)36(38)42/h2-15,17,21H,16,18-20,22H2,1H3,(H,39,40). The van der Waals surface area contributed by atoms with Crippen molar-refractivity contribution in [1.82, 2.24) is 9.88 Å². The molecule has 220 valence electrons. The Morgan fingerprint density at radius 2 is 1.43 bits per heavy atom. The highest BCUT2D eigenvalue weighted by Crippen LogP contribution is 2.29. The fourth-order valence-electron chi connectivity index (χ4n) is 5.36. The van der Waals surface area contributed by atoms with Crippen molar-refractivity contribution < 1.29 is 28.6 Å². The quantitative estimate of drug-likeness (QED) is 0.170. The molecule has 0 aliphatic carbocycles. The zero-order chi connectivity index (χ0) is 30.6. The van der Waals surface area contributed by atoms with Crippen LogP contribution in [-0.4, -0.2) is 39.4 Å². The van der Waals surface area contributed by atoms with Crippen molar-refractivity contribution in [1.29, 1.82) is 0 Å². The Bertz CT molecular complexity index is 1810. The topological polar surface area (TPSA) is 110 Å². The SMILES string of the molecule is Cc1oc(-c2ccc(-c3ccccc3)cc2)nc1CCOc1ccc(CCC(=O)O)c(CN2C(=O)c3ccccc3C2=O)c1. The number of amides is 2. The molecule has 0 saturated carbocycles. The van der Waals surface area contributed by atoms with Crippen molar-refractivity contribution in [2.75, 3.05) is 6.61 Å². The van der Waals surface area contributed by atoms with Gasteiger partial charge in [0.15, 0.2) is 0 Å². The molecule has 1 N–H and O–H groups in total.